The van der Waals surface area contributed by atoms with E-state index in [0.29, 0.717) is 23.8 Å². The van der Waals surface area contributed by atoms with Crippen molar-refractivity contribution in [3.05, 3.63) is 34.9 Å². The zero-order valence-electron chi connectivity index (χ0n) is 14.4. The monoisotopic (exact) mass is 302 g/mol. The fourth-order valence-electron chi connectivity index (χ4n) is 3.69. The summed E-state index contributed by atoms with van der Waals surface area (Å²) >= 11 is 0. The second-order valence-electron chi connectivity index (χ2n) is 7.67. The van der Waals surface area contributed by atoms with Gasteiger partial charge in [0.1, 0.15) is 6.29 Å². The maximum absolute atomic E-state index is 11.4. The first-order valence-electron chi connectivity index (χ1n) is 8.52. The third-order valence-electron chi connectivity index (χ3n) is 5.60. The van der Waals surface area contributed by atoms with Crippen LogP contribution in [0.1, 0.15) is 59.8 Å². The smallest absolute Gasteiger partial charge is 0.148 e. The number of rotatable bonds is 1. The minimum absolute atomic E-state index is 0.250. The summed E-state index contributed by atoms with van der Waals surface area (Å²) in [4.78, 5) is 11.4. The average molecular weight is 302 g/mol. The first-order chi connectivity index (χ1) is 10.4. The van der Waals surface area contributed by atoms with E-state index in [1.54, 1.807) is 0 Å². The van der Waals surface area contributed by atoms with Crippen LogP contribution in [-0.4, -0.2) is 17.5 Å². The summed E-state index contributed by atoms with van der Waals surface area (Å²) in [7, 11) is 0. The molecule has 2 rings (SSSR count). The Kier molecular flexibility index (Phi) is 5.44. The van der Waals surface area contributed by atoms with E-state index in [1.165, 1.54) is 17.6 Å². The van der Waals surface area contributed by atoms with Crippen LogP contribution in [0.2, 0.25) is 0 Å². The fourth-order valence-corrected chi connectivity index (χ4v) is 3.69. The minimum atomic E-state index is -0.662. The molecule has 2 aliphatic carbocycles. The molecule has 2 heteroatoms. The highest BCUT2D eigenvalue weighted by Crippen LogP contribution is 2.61. The number of aliphatic hydroxyl groups excluding tert-OH is 1. The van der Waals surface area contributed by atoms with E-state index in [0.717, 1.165) is 25.5 Å². The van der Waals surface area contributed by atoms with E-state index in [9.17, 15) is 9.90 Å². The molecule has 0 unspecified atom stereocenters. The van der Waals surface area contributed by atoms with Gasteiger partial charge in [0.15, 0.2) is 0 Å². The Balaban J connectivity index is 2.22. The molecule has 0 amide bonds. The van der Waals surface area contributed by atoms with Crippen molar-refractivity contribution in [2.75, 3.05) is 0 Å². The molecule has 2 nitrogen and oxygen atoms in total. The van der Waals surface area contributed by atoms with Crippen LogP contribution in [0.25, 0.3) is 0 Å². The second kappa shape index (κ2) is 6.95. The van der Waals surface area contributed by atoms with Gasteiger partial charge < -0.3 is 5.11 Å². The Morgan fingerprint density at radius 1 is 1.18 bits per heavy atom. The lowest BCUT2D eigenvalue weighted by atomic mass is 10.0. The second-order valence-corrected chi connectivity index (χ2v) is 7.67. The molecule has 3 atom stereocenters. The zero-order valence-corrected chi connectivity index (χ0v) is 14.4. The summed E-state index contributed by atoms with van der Waals surface area (Å²) in [6.07, 6.45) is 11.6. The Bertz CT molecular complexity index is 508. The van der Waals surface area contributed by atoms with Gasteiger partial charge in [0.05, 0.1) is 6.10 Å². The molecule has 0 aromatic rings. The predicted molar refractivity (Wildman–Crippen MR) is 91.5 cm³/mol. The van der Waals surface area contributed by atoms with Crippen molar-refractivity contribution in [3.63, 3.8) is 0 Å². The Morgan fingerprint density at radius 2 is 1.86 bits per heavy atom. The molecular formula is C20H30O2. The molecule has 0 spiro atoms. The molecule has 1 fully saturated rings. The third kappa shape index (κ3) is 3.98. The molecular weight excluding hydrogens is 272 g/mol. The molecule has 1 saturated carbocycles. The molecule has 0 aromatic carbocycles. The lowest BCUT2D eigenvalue weighted by Crippen LogP contribution is -2.11. The van der Waals surface area contributed by atoms with Gasteiger partial charge in [-0.1, -0.05) is 43.2 Å². The molecule has 1 N–H and O–H groups in total. The van der Waals surface area contributed by atoms with Gasteiger partial charge in [-0.25, -0.2) is 0 Å². The van der Waals surface area contributed by atoms with Gasteiger partial charge in [-0.2, -0.15) is 0 Å². The van der Waals surface area contributed by atoms with Gasteiger partial charge in [-0.15, -0.1) is 0 Å². The topological polar surface area (TPSA) is 37.3 Å². The molecule has 22 heavy (non-hydrogen) atoms. The van der Waals surface area contributed by atoms with Gasteiger partial charge >= 0.3 is 0 Å². The molecule has 0 bridgehead atoms. The van der Waals surface area contributed by atoms with Gasteiger partial charge in [-0.05, 0) is 63.2 Å². The van der Waals surface area contributed by atoms with E-state index in [2.05, 4.69) is 39.8 Å². The Morgan fingerprint density at radius 3 is 2.55 bits per heavy atom. The van der Waals surface area contributed by atoms with Crippen molar-refractivity contribution in [2.24, 2.45) is 17.3 Å². The highest BCUT2D eigenvalue weighted by atomic mass is 16.3. The normalized spacial score (nSPS) is 32.8. The highest BCUT2D eigenvalue weighted by Gasteiger charge is 2.55. The number of aldehydes is 1. The lowest BCUT2D eigenvalue weighted by molar-refractivity contribution is -0.105. The quantitative estimate of drug-likeness (QED) is 0.567. The van der Waals surface area contributed by atoms with Crippen molar-refractivity contribution >= 4 is 6.29 Å². The largest absolute Gasteiger partial charge is 0.388 e. The molecule has 0 heterocycles. The number of hydrogen-bond donors (Lipinski definition) is 1. The summed E-state index contributed by atoms with van der Waals surface area (Å²) < 4.78 is 0. The minimum Gasteiger partial charge on any atom is -0.388 e. The van der Waals surface area contributed by atoms with Gasteiger partial charge in [0.2, 0.25) is 0 Å². The van der Waals surface area contributed by atoms with Gasteiger partial charge in [0.25, 0.3) is 0 Å². The number of aliphatic hydroxyl groups is 1. The summed E-state index contributed by atoms with van der Waals surface area (Å²) in [5, 5.41) is 10.3. The van der Waals surface area contributed by atoms with E-state index in [4.69, 9.17) is 0 Å². The van der Waals surface area contributed by atoms with Crippen molar-refractivity contribution in [1.82, 2.24) is 0 Å². The maximum Gasteiger partial charge on any atom is 0.148 e. The van der Waals surface area contributed by atoms with Crippen LogP contribution in [-0.2, 0) is 4.79 Å². The van der Waals surface area contributed by atoms with Crippen molar-refractivity contribution in [3.8, 4) is 0 Å². The Labute approximate surface area is 135 Å². The van der Waals surface area contributed by atoms with E-state index in [-0.39, 0.29) is 5.41 Å². The average Bonchev–Trinajstić information content (AvgIpc) is 2.99. The third-order valence-corrected chi connectivity index (χ3v) is 5.60. The standard InChI is InChI=1S/C20H30O2/c1-14-6-5-7-15(2)9-11-19(22)16(13-21)12-18-17(10-8-14)20(18,3)4/h6,9,12-13,17-19,22H,5,7-8,10-11H2,1-4H3/t17-,18-,19-/m1/s1. The first kappa shape index (κ1) is 17.2. The van der Waals surface area contributed by atoms with Gasteiger partial charge in [0, 0.05) is 5.57 Å². The summed E-state index contributed by atoms with van der Waals surface area (Å²) in [6.45, 7) is 8.88. The van der Waals surface area contributed by atoms with Crippen molar-refractivity contribution in [2.45, 2.75) is 65.9 Å². The van der Waals surface area contributed by atoms with E-state index in [1.807, 2.05) is 6.08 Å². The van der Waals surface area contributed by atoms with Crippen molar-refractivity contribution in [1.29, 1.82) is 0 Å². The van der Waals surface area contributed by atoms with Crippen LogP contribution in [0, 0.1) is 17.3 Å². The van der Waals surface area contributed by atoms with E-state index >= 15 is 0 Å². The van der Waals surface area contributed by atoms with Crippen LogP contribution in [0.5, 0.6) is 0 Å². The van der Waals surface area contributed by atoms with Gasteiger partial charge in [-0.3, -0.25) is 4.79 Å². The predicted octanol–water partition coefficient (Wildman–Crippen LogP) is 4.60. The van der Waals surface area contributed by atoms with Crippen LogP contribution >= 0.6 is 0 Å². The van der Waals surface area contributed by atoms with Crippen LogP contribution in [0.15, 0.2) is 34.9 Å². The number of fused-ring (bicyclic) bond motifs is 1. The van der Waals surface area contributed by atoms with Crippen molar-refractivity contribution < 1.29 is 9.90 Å². The molecule has 2 aliphatic rings. The van der Waals surface area contributed by atoms with Crippen LogP contribution in [0.4, 0.5) is 0 Å². The number of allylic oxidation sites excluding steroid dienone is 4. The number of carbonyl (C=O) groups excluding carboxylic acids is 1. The Hall–Kier alpha value is -1.15. The van der Waals surface area contributed by atoms with E-state index < -0.39 is 6.10 Å². The summed E-state index contributed by atoms with van der Waals surface area (Å²) in [5.41, 5.74) is 3.58. The molecule has 0 aromatic heterocycles. The first-order valence-corrected chi connectivity index (χ1v) is 8.52. The zero-order chi connectivity index (χ0) is 16.3. The molecule has 122 valence electrons. The number of carbonyl (C=O) groups is 1. The molecule has 0 aliphatic heterocycles. The maximum atomic E-state index is 11.4. The van der Waals surface area contributed by atoms with Crippen LogP contribution < -0.4 is 0 Å². The SMILES string of the molecule is CC1=CC[C@@H](O)C(C=O)=C[C@@H]2[C@@H](CCC(C)=CCC1)C2(C)C. The summed E-state index contributed by atoms with van der Waals surface area (Å²) in [6, 6.07) is 0. The summed E-state index contributed by atoms with van der Waals surface area (Å²) in [5.74, 6) is 1.04. The molecule has 0 saturated heterocycles. The lowest BCUT2D eigenvalue weighted by Gasteiger charge is -2.10. The number of hydrogen-bond acceptors (Lipinski definition) is 2. The van der Waals surface area contributed by atoms with Crippen LogP contribution in [0.3, 0.4) is 0 Å². The highest BCUT2D eigenvalue weighted by molar-refractivity contribution is 5.75. The fraction of sp³-hybridized carbons (Fsp3) is 0.650. The molecule has 0 radical (unpaired) electrons.